The van der Waals surface area contributed by atoms with Gasteiger partial charge in [0.1, 0.15) is 0 Å². The van der Waals surface area contributed by atoms with Crippen molar-refractivity contribution < 1.29 is 13.2 Å². The Bertz CT molecular complexity index is 391. The largest absolute Gasteiger partial charge is 0.416 e. The van der Waals surface area contributed by atoms with Gasteiger partial charge >= 0.3 is 6.18 Å². The van der Waals surface area contributed by atoms with Crippen molar-refractivity contribution >= 4 is 0 Å². The average molecular weight is 271 g/mol. The van der Waals surface area contributed by atoms with E-state index >= 15 is 0 Å². The van der Waals surface area contributed by atoms with Crippen LogP contribution in [0.4, 0.5) is 13.2 Å². The number of rotatable bonds is 3. The summed E-state index contributed by atoms with van der Waals surface area (Å²) in [7, 11) is 0. The molecule has 4 heteroatoms. The molecule has 0 radical (unpaired) electrons. The van der Waals surface area contributed by atoms with E-state index in [0.717, 1.165) is 24.1 Å². The van der Waals surface area contributed by atoms with Crippen LogP contribution >= 0.6 is 0 Å². The number of hydrogen-bond donors (Lipinski definition) is 1. The molecule has 2 N–H and O–H groups in total. The van der Waals surface area contributed by atoms with Gasteiger partial charge in [-0.1, -0.05) is 44.2 Å². The molecule has 2 rings (SSSR count). The van der Waals surface area contributed by atoms with Gasteiger partial charge in [0.05, 0.1) is 5.56 Å². The van der Waals surface area contributed by atoms with E-state index in [4.69, 9.17) is 5.73 Å². The second-order valence-corrected chi connectivity index (χ2v) is 5.47. The predicted molar refractivity (Wildman–Crippen MR) is 69.6 cm³/mol. The lowest BCUT2D eigenvalue weighted by atomic mass is 9.83. The number of halogens is 3. The van der Waals surface area contributed by atoms with Crippen molar-refractivity contribution in [2.45, 2.75) is 50.7 Å². The lowest BCUT2D eigenvalue weighted by Crippen LogP contribution is -2.17. The highest BCUT2D eigenvalue weighted by atomic mass is 19.4. The number of alkyl halides is 3. The van der Waals surface area contributed by atoms with Crippen molar-refractivity contribution in [1.82, 2.24) is 0 Å². The standard InChI is InChI=1S/C15H20F3N/c16-15(17,18)13-8-6-12(7-9-13)14(19)10-11-4-2-1-3-5-11/h6-9,11,14H,1-5,10,19H2. The molecule has 0 spiro atoms. The molecule has 106 valence electrons. The molecule has 0 aliphatic heterocycles. The molecule has 1 atom stereocenters. The van der Waals surface area contributed by atoms with E-state index in [1.165, 1.54) is 44.2 Å². The molecule has 1 nitrogen and oxygen atoms in total. The van der Waals surface area contributed by atoms with Crippen molar-refractivity contribution in [2.24, 2.45) is 11.7 Å². The van der Waals surface area contributed by atoms with Crippen molar-refractivity contribution in [3.8, 4) is 0 Å². The first-order chi connectivity index (χ1) is 8.97. The third-order valence-electron chi connectivity index (χ3n) is 3.98. The molecule has 1 aromatic carbocycles. The van der Waals surface area contributed by atoms with Crippen LogP contribution in [0.25, 0.3) is 0 Å². The summed E-state index contributed by atoms with van der Waals surface area (Å²) in [5, 5.41) is 0. The number of nitrogens with two attached hydrogens (primary N) is 1. The summed E-state index contributed by atoms with van der Waals surface area (Å²) in [6.45, 7) is 0. The Morgan fingerprint density at radius 3 is 2.16 bits per heavy atom. The van der Waals surface area contributed by atoms with Gasteiger partial charge in [0, 0.05) is 6.04 Å². The Balaban J connectivity index is 1.97. The average Bonchev–Trinajstić information content (AvgIpc) is 2.39. The minimum Gasteiger partial charge on any atom is -0.324 e. The summed E-state index contributed by atoms with van der Waals surface area (Å²) < 4.78 is 37.4. The van der Waals surface area contributed by atoms with Crippen LogP contribution in [-0.4, -0.2) is 0 Å². The Kier molecular flexibility index (Phi) is 4.50. The molecule has 0 amide bonds. The van der Waals surface area contributed by atoms with Crippen molar-refractivity contribution in [3.63, 3.8) is 0 Å². The Morgan fingerprint density at radius 1 is 1.05 bits per heavy atom. The second kappa shape index (κ2) is 5.95. The van der Waals surface area contributed by atoms with E-state index < -0.39 is 11.7 Å². The van der Waals surface area contributed by atoms with Gasteiger partial charge in [-0.05, 0) is 30.0 Å². The maximum Gasteiger partial charge on any atom is 0.416 e. The molecule has 0 heterocycles. The molecular weight excluding hydrogens is 251 g/mol. The Hall–Kier alpha value is -1.03. The van der Waals surface area contributed by atoms with Gasteiger partial charge < -0.3 is 5.73 Å². The molecule has 0 saturated heterocycles. The van der Waals surface area contributed by atoms with Crippen molar-refractivity contribution in [3.05, 3.63) is 35.4 Å². The van der Waals surface area contributed by atoms with E-state index in [1.54, 1.807) is 0 Å². The highest BCUT2D eigenvalue weighted by molar-refractivity contribution is 5.26. The van der Waals surface area contributed by atoms with E-state index in [-0.39, 0.29) is 6.04 Å². The first kappa shape index (κ1) is 14.4. The van der Waals surface area contributed by atoms with Crippen molar-refractivity contribution in [2.75, 3.05) is 0 Å². The van der Waals surface area contributed by atoms with Crippen LogP contribution < -0.4 is 5.73 Å². The Labute approximate surface area is 112 Å². The molecule has 1 unspecified atom stereocenters. The fraction of sp³-hybridized carbons (Fsp3) is 0.600. The van der Waals surface area contributed by atoms with Crippen LogP contribution in [0.5, 0.6) is 0 Å². The van der Waals surface area contributed by atoms with Gasteiger partial charge in [-0.25, -0.2) is 0 Å². The first-order valence-corrected chi connectivity index (χ1v) is 6.89. The molecule has 0 bridgehead atoms. The Morgan fingerprint density at radius 2 is 1.63 bits per heavy atom. The molecule has 1 saturated carbocycles. The van der Waals surface area contributed by atoms with E-state index in [1.807, 2.05) is 0 Å². The maximum atomic E-state index is 12.5. The quantitative estimate of drug-likeness (QED) is 0.849. The minimum atomic E-state index is -4.27. The lowest BCUT2D eigenvalue weighted by molar-refractivity contribution is -0.137. The zero-order chi connectivity index (χ0) is 13.9. The normalized spacial score (nSPS) is 19.4. The third-order valence-corrected chi connectivity index (χ3v) is 3.98. The van der Waals surface area contributed by atoms with Crippen LogP contribution in [0.15, 0.2) is 24.3 Å². The summed E-state index contributed by atoms with van der Waals surface area (Å²) in [5.41, 5.74) is 6.30. The molecule has 19 heavy (non-hydrogen) atoms. The van der Waals surface area contributed by atoms with E-state index in [0.29, 0.717) is 5.92 Å². The summed E-state index contributed by atoms with van der Waals surface area (Å²) in [6.07, 6.45) is 2.82. The van der Waals surface area contributed by atoms with Gasteiger partial charge in [-0.3, -0.25) is 0 Å². The highest BCUT2D eigenvalue weighted by Gasteiger charge is 2.30. The zero-order valence-electron chi connectivity index (χ0n) is 10.9. The van der Waals surface area contributed by atoms with E-state index in [2.05, 4.69) is 0 Å². The monoisotopic (exact) mass is 271 g/mol. The molecule has 1 aromatic rings. The van der Waals surface area contributed by atoms with Crippen LogP contribution in [0.1, 0.15) is 55.7 Å². The molecule has 0 aromatic heterocycles. The fourth-order valence-corrected chi connectivity index (χ4v) is 2.84. The van der Waals surface area contributed by atoms with Crippen LogP contribution in [0, 0.1) is 5.92 Å². The van der Waals surface area contributed by atoms with Crippen LogP contribution in [0.3, 0.4) is 0 Å². The minimum absolute atomic E-state index is 0.148. The SMILES string of the molecule is NC(CC1CCCCC1)c1ccc(C(F)(F)F)cc1. The van der Waals surface area contributed by atoms with Crippen LogP contribution in [-0.2, 0) is 6.18 Å². The van der Waals surface area contributed by atoms with Gasteiger partial charge in [0.2, 0.25) is 0 Å². The number of hydrogen-bond acceptors (Lipinski definition) is 1. The first-order valence-electron chi connectivity index (χ1n) is 6.89. The summed E-state index contributed by atoms with van der Waals surface area (Å²) >= 11 is 0. The van der Waals surface area contributed by atoms with Crippen molar-refractivity contribution in [1.29, 1.82) is 0 Å². The van der Waals surface area contributed by atoms with E-state index in [9.17, 15) is 13.2 Å². The molecule has 1 aliphatic rings. The van der Waals surface area contributed by atoms with Gasteiger partial charge in [-0.15, -0.1) is 0 Å². The second-order valence-electron chi connectivity index (χ2n) is 5.47. The summed E-state index contributed by atoms with van der Waals surface area (Å²) in [4.78, 5) is 0. The molecule has 1 fully saturated rings. The smallest absolute Gasteiger partial charge is 0.324 e. The fourth-order valence-electron chi connectivity index (χ4n) is 2.84. The predicted octanol–water partition coefficient (Wildman–Crippen LogP) is 4.68. The van der Waals surface area contributed by atoms with Gasteiger partial charge in [0.15, 0.2) is 0 Å². The lowest BCUT2D eigenvalue weighted by Gasteiger charge is -2.24. The van der Waals surface area contributed by atoms with Crippen LogP contribution in [0.2, 0.25) is 0 Å². The molecular formula is C15H20F3N. The highest BCUT2D eigenvalue weighted by Crippen LogP contribution is 2.33. The number of benzene rings is 1. The van der Waals surface area contributed by atoms with Gasteiger partial charge in [0.25, 0.3) is 0 Å². The molecule has 1 aliphatic carbocycles. The summed E-state index contributed by atoms with van der Waals surface area (Å²) in [5.74, 6) is 0.631. The third kappa shape index (κ3) is 3.96. The zero-order valence-corrected chi connectivity index (χ0v) is 10.9. The summed E-state index contributed by atoms with van der Waals surface area (Å²) in [6, 6.07) is 5.11. The topological polar surface area (TPSA) is 26.0 Å². The maximum absolute atomic E-state index is 12.5. The van der Waals surface area contributed by atoms with Gasteiger partial charge in [-0.2, -0.15) is 13.2 Å².